The van der Waals surface area contributed by atoms with E-state index in [0.29, 0.717) is 12.0 Å². The van der Waals surface area contributed by atoms with E-state index in [2.05, 4.69) is 41.5 Å². The van der Waals surface area contributed by atoms with Gasteiger partial charge in [-0.1, -0.05) is 66.7 Å². The van der Waals surface area contributed by atoms with Crippen molar-refractivity contribution in [1.29, 1.82) is 0 Å². The van der Waals surface area contributed by atoms with Gasteiger partial charge >= 0.3 is 17.9 Å². The number of carbonyl (C=O) groups is 4. The highest BCUT2D eigenvalue weighted by Gasteiger charge is 3.02. The molecule has 0 N–H and O–H groups in total. The second kappa shape index (κ2) is 10.7. The van der Waals surface area contributed by atoms with Crippen molar-refractivity contribution < 1.29 is 47.3 Å². The molecule has 0 aromatic heterocycles. The lowest BCUT2D eigenvalue weighted by atomic mass is 9.47. The summed E-state index contributed by atoms with van der Waals surface area (Å²) in [6.45, 7) is 17.6. The summed E-state index contributed by atoms with van der Waals surface area (Å²) < 4.78 is 40.4. The van der Waals surface area contributed by atoms with Gasteiger partial charge in [0.05, 0.1) is 29.6 Å². The van der Waals surface area contributed by atoms with Gasteiger partial charge in [0.15, 0.2) is 19.7 Å². The topological polar surface area (TPSA) is 124 Å². The Morgan fingerprint density at radius 1 is 0.938 bits per heavy atom. The van der Waals surface area contributed by atoms with Crippen LogP contribution in [0.2, 0.25) is 18.1 Å². The lowest BCUT2D eigenvalue weighted by Crippen LogP contribution is -2.82. The normalized spacial score (nSPS) is 44.3. The fraction of sp³-hybridized carbons (Fsp3) is 0.730. The van der Waals surface area contributed by atoms with Crippen molar-refractivity contribution in [2.75, 3.05) is 6.61 Å². The molecule has 1 aromatic carbocycles. The molecule has 1 spiro atoms. The number of benzene rings is 1. The van der Waals surface area contributed by atoms with Gasteiger partial charge in [0.2, 0.25) is 0 Å². The fourth-order valence-corrected chi connectivity index (χ4v) is 15.2. The van der Waals surface area contributed by atoms with Crippen LogP contribution in [-0.4, -0.2) is 80.3 Å². The highest BCUT2D eigenvalue weighted by atomic mass is 28.4. The molecule has 0 amide bonds. The van der Waals surface area contributed by atoms with Gasteiger partial charge in [-0.15, -0.1) is 0 Å². The standard InChI is InChI=1S/C37H50O10Si/c1-10-48(11-2,12-3)47-24-18-25-35(19-42-25,45-22(6)39)28-31(44-32(41)23-16-14-13-15-17-23)36-30-27(40)20(4)26(33(36,7)8)29(43-21(5)38)37(36,46-30)34(24,28)9/h13-17,20,24-26,28-31H,10-12,18-19H2,1-9H3/t20-,24+,25-,26-,28+,29-,30-,31+,34-,35+,36+,37-/m1/s1. The Morgan fingerprint density at radius 2 is 1.58 bits per heavy atom. The molecule has 262 valence electrons. The van der Waals surface area contributed by atoms with Crippen LogP contribution in [0.4, 0.5) is 0 Å². The average molecular weight is 683 g/mol. The highest BCUT2D eigenvalue weighted by molar-refractivity contribution is 6.73. The molecule has 12 atom stereocenters. The largest absolute Gasteiger partial charge is 0.459 e. The molecule has 0 radical (unpaired) electrons. The van der Waals surface area contributed by atoms with Crippen LogP contribution in [0.15, 0.2) is 30.3 Å². The van der Waals surface area contributed by atoms with Gasteiger partial charge in [-0.05, 0) is 35.7 Å². The van der Waals surface area contributed by atoms with Crippen molar-refractivity contribution in [3.63, 3.8) is 0 Å². The Balaban J connectivity index is 1.54. The third-order valence-electron chi connectivity index (χ3n) is 14.3. The minimum atomic E-state index is -2.32. The van der Waals surface area contributed by atoms with E-state index in [0.717, 1.165) is 18.1 Å². The Labute approximate surface area is 284 Å². The summed E-state index contributed by atoms with van der Waals surface area (Å²) in [7, 11) is -2.32. The minimum absolute atomic E-state index is 0.0904. The van der Waals surface area contributed by atoms with E-state index < -0.39 is 102 Å². The van der Waals surface area contributed by atoms with E-state index in [9.17, 15) is 19.2 Å². The maximum atomic E-state index is 14.4. The number of hydrogen-bond acceptors (Lipinski definition) is 10. The van der Waals surface area contributed by atoms with Crippen LogP contribution in [-0.2, 0) is 42.5 Å². The number of Topliss-reactive ketones (excluding diaryl/α,β-unsaturated/α-hetero) is 1. The second-order valence-corrected chi connectivity index (χ2v) is 20.7. The number of esters is 3. The Bertz CT molecular complexity index is 1530. The summed E-state index contributed by atoms with van der Waals surface area (Å²) in [6, 6.07) is 11.5. The monoisotopic (exact) mass is 682 g/mol. The molecule has 2 heterocycles. The SMILES string of the molecule is CC[Si](CC)(CC)O[C@H]1C[C@H]2OC[C@@]2(OC(C)=O)[C@H]2[C@H](OC(=O)c3ccccc3)[C@]34[C@@H]5O[C@]3([C@H](OC(C)=O)[C@@H]([C@@H](C)C5=O)C4(C)C)[C@]12C. The molecule has 1 aromatic rings. The number of rotatable bonds is 9. The molecule has 4 aliphatic carbocycles. The molecule has 0 unspecified atom stereocenters. The molecule has 6 fully saturated rings. The maximum Gasteiger partial charge on any atom is 0.338 e. The smallest absolute Gasteiger partial charge is 0.338 e. The highest BCUT2D eigenvalue weighted by Crippen LogP contribution is 2.89. The molecule has 2 bridgehead atoms. The zero-order valence-corrected chi connectivity index (χ0v) is 30.6. The van der Waals surface area contributed by atoms with Crippen LogP contribution in [0.1, 0.15) is 79.1 Å². The summed E-state index contributed by atoms with van der Waals surface area (Å²) >= 11 is 0. The minimum Gasteiger partial charge on any atom is -0.459 e. The van der Waals surface area contributed by atoms with Gasteiger partial charge < -0.3 is 28.1 Å². The summed E-state index contributed by atoms with van der Waals surface area (Å²) in [4.78, 5) is 54.7. The molecule has 6 aliphatic rings. The van der Waals surface area contributed by atoms with Crippen molar-refractivity contribution in [1.82, 2.24) is 0 Å². The first kappa shape index (κ1) is 33.9. The molecular formula is C37H50O10Si. The van der Waals surface area contributed by atoms with Crippen LogP contribution < -0.4 is 0 Å². The molecule has 10 nitrogen and oxygen atoms in total. The summed E-state index contributed by atoms with van der Waals surface area (Å²) in [5.74, 6) is -3.17. The molecule has 11 heteroatoms. The summed E-state index contributed by atoms with van der Waals surface area (Å²) in [6.07, 6.45) is -3.30. The van der Waals surface area contributed by atoms with E-state index in [-0.39, 0.29) is 12.4 Å². The second-order valence-electron chi connectivity index (χ2n) is 16.0. The Morgan fingerprint density at radius 3 is 2.12 bits per heavy atom. The average Bonchev–Trinajstić information content (AvgIpc) is 3.14. The van der Waals surface area contributed by atoms with E-state index >= 15 is 0 Å². The number of carbonyl (C=O) groups excluding carboxylic acids is 4. The predicted molar refractivity (Wildman–Crippen MR) is 175 cm³/mol. The van der Waals surface area contributed by atoms with Gasteiger partial charge in [-0.2, -0.15) is 0 Å². The lowest BCUT2D eigenvalue weighted by molar-refractivity contribution is -0.380. The maximum absolute atomic E-state index is 14.4. The van der Waals surface area contributed by atoms with E-state index in [4.69, 9.17) is 28.1 Å². The van der Waals surface area contributed by atoms with Crippen molar-refractivity contribution in [2.45, 2.75) is 129 Å². The molecular weight excluding hydrogens is 632 g/mol. The van der Waals surface area contributed by atoms with Gasteiger partial charge in [0.1, 0.15) is 30.0 Å². The van der Waals surface area contributed by atoms with Crippen molar-refractivity contribution in [3.8, 4) is 0 Å². The number of hydrogen-bond donors (Lipinski definition) is 0. The first-order chi connectivity index (χ1) is 22.6. The van der Waals surface area contributed by atoms with Crippen LogP contribution in [0, 0.1) is 34.0 Å². The molecule has 2 saturated heterocycles. The van der Waals surface area contributed by atoms with Crippen molar-refractivity contribution in [3.05, 3.63) is 35.9 Å². The van der Waals surface area contributed by atoms with Crippen LogP contribution in [0.3, 0.4) is 0 Å². The third-order valence-corrected chi connectivity index (χ3v) is 18.9. The van der Waals surface area contributed by atoms with E-state index in [1.54, 1.807) is 24.3 Å². The molecule has 7 rings (SSSR count). The summed E-state index contributed by atoms with van der Waals surface area (Å²) in [5, 5.41) is 0. The van der Waals surface area contributed by atoms with Crippen molar-refractivity contribution in [2.24, 2.45) is 34.0 Å². The summed E-state index contributed by atoms with van der Waals surface area (Å²) in [5.41, 5.74) is -4.97. The fourth-order valence-electron chi connectivity index (χ4n) is 12.3. The zero-order valence-electron chi connectivity index (χ0n) is 29.6. The first-order valence-corrected chi connectivity index (χ1v) is 20.3. The number of ketones is 1. The Hall–Kier alpha value is -2.60. The van der Waals surface area contributed by atoms with Gasteiger partial charge in [-0.25, -0.2) is 4.79 Å². The van der Waals surface area contributed by atoms with Gasteiger partial charge in [-0.3, -0.25) is 14.4 Å². The van der Waals surface area contributed by atoms with E-state index in [1.807, 2.05) is 13.0 Å². The Kier molecular flexibility index (Phi) is 7.55. The van der Waals surface area contributed by atoms with Crippen LogP contribution in [0.25, 0.3) is 0 Å². The first-order valence-electron chi connectivity index (χ1n) is 17.7. The molecule has 48 heavy (non-hydrogen) atoms. The van der Waals surface area contributed by atoms with Gasteiger partial charge in [0.25, 0.3) is 0 Å². The third kappa shape index (κ3) is 3.64. The molecule has 2 aliphatic heterocycles. The van der Waals surface area contributed by atoms with Gasteiger partial charge in [0, 0.05) is 37.5 Å². The quantitative estimate of drug-likeness (QED) is 0.193. The van der Waals surface area contributed by atoms with E-state index in [1.165, 1.54) is 13.8 Å². The molecule has 4 saturated carbocycles. The zero-order chi connectivity index (χ0) is 34.8. The van der Waals surface area contributed by atoms with Crippen LogP contribution in [0.5, 0.6) is 0 Å². The number of ether oxygens (including phenoxy) is 5. The lowest BCUT2D eigenvalue weighted by Gasteiger charge is -2.69. The predicted octanol–water partition coefficient (Wildman–Crippen LogP) is 5.27. The number of fused-ring (bicyclic) bond motifs is 4. The van der Waals surface area contributed by atoms with Crippen molar-refractivity contribution >= 4 is 32.0 Å². The van der Waals surface area contributed by atoms with Crippen LogP contribution >= 0.6 is 0 Å².